The van der Waals surface area contributed by atoms with Crippen molar-refractivity contribution in [3.8, 4) is 0 Å². The molecule has 5 heteroatoms. The van der Waals surface area contributed by atoms with Crippen LogP contribution in [0, 0.1) is 6.92 Å². The van der Waals surface area contributed by atoms with Gasteiger partial charge >= 0.3 is 0 Å². The molecule has 0 aliphatic rings. The lowest BCUT2D eigenvalue weighted by Crippen LogP contribution is -1.82. The van der Waals surface area contributed by atoms with E-state index in [0.717, 1.165) is 20.4 Å². The van der Waals surface area contributed by atoms with Crippen molar-refractivity contribution in [3.63, 3.8) is 0 Å². The molecule has 0 aliphatic heterocycles. The largest absolute Gasteiger partial charge is 0.375 e. The van der Waals surface area contributed by atoms with Crippen LogP contribution in [0.1, 0.15) is 5.56 Å². The maximum Gasteiger partial charge on any atom is 0.181 e. The molecule has 2 heterocycles. The van der Waals surface area contributed by atoms with Crippen molar-refractivity contribution in [3.05, 3.63) is 16.4 Å². The minimum Gasteiger partial charge on any atom is -0.375 e. The van der Waals surface area contributed by atoms with Gasteiger partial charge in [0.1, 0.15) is 10.1 Å². The average molecular weight is 244 g/mol. The molecule has 0 radical (unpaired) electrons. The lowest BCUT2D eigenvalue weighted by atomic mass is 10.3. The van der Waals surface area contributed by atoms with Gasteiger partial charge in [0.2, 0.25) is 0 Å². The molecule has 0 bridgehead atoms. The van der Waals surface area contributed by atoms with Gasteiger partial charge in [-0.1, -0.05) is 11.3 Å². The Morgan fingerprint density at radius 2 is 2.33 bits per heavy atom. The van der Waals surface area contributed by atoms with Crippen molar-refractivity contribution in [2.24, 2.45) is 0 Å². The van der Waals surface area contributed by atoms with Crippen molar-refractivity contribution in [1.29, 1.82) is 0 Å². The molecule has 0 aromatic carbocycles. The third kappa shape index (κ3) is 1.09. The van der Waals surface area contributed by atoms with Crippen LogP contribution in [0.2, 0.25) is 0 Å². The van der Waals surface area contributed by atoms with Crippen LogP contribution in [-0.4, -0.2) is 9.97 Å². The van der Waals surface area contributed by atoms with Crippen molar-refractivity contribution >= 4 is 42.6 Å². The number of pyridine rings is 1. The summed E-state index contributed by atoms with van der Waals surface area (Å²) < 4.78 is 1.87. The zero-order chi connectivity index (χ0) is 8.72. The number of rotatable bonds is 0. The van der Waals surface area contributed by atoms with Gasteiger partial charge in [-0.05, 0) is 28.4 Å². The first-order valence-corrected chi connectivity index (χ1v) is 4.96. The van der Waals surface area contributed by atoms with Crippen LogP contribution < -0.4 is 5.73 Å². The number of nitrogens with two attached hydrogens (primary N) is 1. The Kier molecular flexibility index (Phi) is 1.77. The van der Waals surface area contributed by atoms with E-state index in [9.17, 15) is 0 Å². The van der Waals surface area contributed by atoms with Crippen molar-refractivity contribution < 1.29 is 0 Å². The van der Waals surface area contributed by atoms with Crippen molar-refractivity contribution in [2.45, 2.75) is 6.92 Å². The second-order valence-electron chi connectivity index (χ2n) is 2.46. The Morgan fingerprint density at radius 1 is 1.58 bits per heavy atom. The number of thiazole rings is 1. The number of halogens is 1. The first-order valence-electron chi connectivity index (χ1n) is 3.35. The molecule has 62 valence electrons. The second kappa shape index (κ2) is 2.67. The lowest BCUT2D eigenvalue weighted by molar-refractivity contribution is 1.26. The highest BCUT2D eigenvalue weighted by atomic mass is 79.9. The monoisotopic (exact) mass is 243 g/mol. The molecule has 2 N–H and O–H groups in total. The first kappa shape index (κ1) is 7.94. The Hall–Kier alpha value is -0.680. The van der Waals surface area contributed by atoms with Gasteiger partial charge in [0.25, 0.3) is 0 Å². The van der Waals surface area contributed by atoms with E-state index < -0.39 is 0 Å². The summed E-state index contributed by atoms with van der Waals surface area (Å²) in [6.07, 6.45) is 1.81. The summed E-state index contributed by atoms with van der Waals surface area (Å²) in [5.74, 6) is 0. The maximum absolute atomic E-state index is 5.59. The van der Waals surface area contributed by atoms with E-state index in [1.165, 1.54) is 11.3 Å². The molecule has 2 aromatic heterocycles. The van der Waals surface area contributed by atoms with E-state index in [2.05, 4.69) is 25.9 Å². The predicted octanol–water partition coefficient (Wildman–Crippen LogP) is 2.34. The Balaban J connectivity index is 2.93. The van der Waals surface area contributed by atoms with Crippen LogP contribution in [0.15, 0.2) is 10.8 Å². The Bertz CT molecular complexity index is 398. The molecular weight excluding hydrogens is 238 g/mol. The summed E-state index contributed by atoms with van der Waals surface area (Å²) in [6.45, 7) is 2.00. The van der Waals surface area contributed by atoms with Gasteiger partial charge in [-0.2, -0.15) is 0 Å². The predicted molar refractivity (Wildman–Crippen MR) is 54.3 cm³/mol. The number of anilines is 1. The SMILES string of the molecule is Cc1cnc(Br)c2nc(N)sc12. The number of nitrogen functional groups attached to an aromatic ring is 1. The lowest BCUT2D eigenvalue weighted by Gasteiger charge is -1.93. The fourth-order valence-corrected chi connectivity index (χ4v) is 2.34. The smallest absolute Gasteiger partial charge is 0.181 e. The Morgan fingerprint density at radius 3 is 3.00 bits per heavy atom. The van der Waals surface area contributed by atoms with Gasteiger partial charge in [0.05, 0.1) is 4.70 Å². The van der Waals surface area contributed by atoms with Crippen LogP contribution in [0.25, 0.3) is 10.2 Å². The van der Waals surface area contributed by atoms with Crippen LogP contribution in [0.5, 0.6) is 0 Å². The van der Waals surface area contributed by atoms with Crippen LogP contribution in [0.3, 0.4) is 0 Å². The van der Waals surface area contributed by atoms with E-state index in [0.29, 0.717) is 5.13 Å². The second-order valence-corrected chi connectivity index (χ2v) is 4.24. The summed E-state index contributed by atoms with van der Waals surface area (Å²) in [5.41, 5.74) is 7.56. The van der Waals surface area contributed by atoms with E-state index >= 15 is 0 Å². The number of fused-ring (bicyclic) bond motifs is 1. The molecule has 0 saturated heterocycles. The van der Waals surface area contributed by atoms with Gasteiger partial charge in [-0.25, -0.2) is 9.97 Å². The van der Waals surface area contributed by atoms with Crippen molar-refractivity contribution in [2.75, 3.05) is 5.73 Å². The quantitative estimate of drug-likeness (QED) is 0.723. The van der Waals surface area contributed by atoms with Gasteiger partial charge in [-0.15, -0.1) is 0 Å². The summed E-state index contributed by atoms with van der Waals surface area (Å²) in [6, 6.07) is 0. The number of hydrogen-bond acceptors (Lipinski definition) is 4. The van der Waals surface area contributed by atoms with E-state index in [1.54, 1.807) is 0 Å². The molecular formula is C7H6BrN3S. The highest BCUT2D eigenvalue weighted by Crippen LogP contribution is 2.30. The minimum absolute atomic E-state index is 0.585. The van der Waals surface area contributed by atoms with Crippen molar-refractivity contribution in [1.82, 2.24) is 9.97 Å². The summed E-state index contributed by atoms with van der Waals surface area (Å²) in [5, 5.41) is 0.585. The van der Waals surface area contributed by atoms with Crippen LogP contribution in [0.4, 0.5) is 5.13 Å². The molecule has 0 unspecified atom stereocenters. The maximum atomic E-state index is 5.59. The molecule has 0 fully saturated rings. The third-order valence-electron chi connectivity index (χ3n) is 1.57. The zero-order valence-electron chi connectivity index (χ0n) is 6.34. The van der Waals surface area contributed by atoms with E-state index in [4.69, 9.17) is 5.73 Å². The normalized spacial score (nSPS) is 10.8. The standard InChI is InChI=1S/C7H6BrN3S/c1-3-2-10-6(8)4-5(3)12-7(9)11-4/h2H,1H3,(H2,9,11). The molecule has 12 heavy (non-hydrogen) atoms. The van der Waals surface area contributed by atoms with Gasteiger partial charge in [-0.3, -0.25) is 0 Å². The van der Waals surface area contributed by atoms with Gasteiger partial charge in [0, 0.05) is 6.20 Å². The number of nitrogens with zero attached hydrogens (tertiary/aromatic N) is 2. The molecule has 0 aliphatic carbocycles. The fraction of sp³-hybridized carbons (Fsp3) is 0.143. The molecule has 2 aromatic rings. The Labute approximate surface area is 81.8 Å². The number of aryl methyl sites for hydroxylation is 1. The molecule has 0 spiro atoms. The molecule has 0 atom stereocenters. The number of hydrogen-bond donors (Lipinski definition) is 1. The minimum atomic E-state index is 0.585. The highest BCUT2D eigenvalue weighted by Gasteiger charge is 2.07. The molecule has 3 nitrogen and oxygen atoms in total. The van der Waals surface area contributed by atoms with E-state index in [-0.39, 0.29) is 0 Å². The molecule has 2 rings (SSSR count). The zero-order valence-corrected chi connectivity index (χ0v) is 8.74. The third-order valence-corrected chi connectivity index (χ3v) is 3.17. The summed E-state index contributed by atoms with van der Waals surface area (Å²) >= 11 is 4.81. The summed E-state index contributed by atoms with van der Waals surface area (Å²) in [4.78, 5) is 8.29. The van der Waals surface area contributed by atoms with Crippen LogP contribution >= 0.6 is 27.3 Å². The molecule has 0 amide bonds. The number of aromatic nitrogens is 2. The van der Waals surface area contributed by atoms with Gasteiger partial charge < -0.3 is 5.73 Å². The average Bonchev–Trinajstić information content (AvgIpc) is 2.41. The first-order chi connectivity index (χ1) is 5.68. The molecule has 0 saturated carbocycles. The van der Waals surface area contributed by atoms with Crippen LogP contribution in [-0.2, 0) is 0 Å². The van der Waals surface area contributed by atoms with Gasteiger partial charge in [0.15, 0.2) is 5.13 Å². The highest BCUT2D eigenvalue weighted by molar-refractivity contribution is 9.10. The fourth-order valence-electron chi connectivity index (χ4n) is 1.02. The summed E-state index contributed by atoms with van der Waals surface area (Å²) in [7, 11) is 0. The van der Waals surface area contributed by atoms with E-state index in [1.807, 2.05) is 13.1 Å². The topological polar surface area (TPSA) is 51.8 Å².